The molecule has 0 saturated heterocycles. The minimum absolute atomic E-state index is 0.306. The summed E-state index contributed by atoms with van der Waals surface area (Å²) in [6.07, 6.45) is 5.08. The van der Waals surface area contributed by atoms with Gasteiger partial charge in [-0.3, -0.25) is 0 Å². The highest BCUT2D eigenvalue weighted by molar-refractivity contribution is 7.06. The topological polar surface area (TPSA) is 41.1 Å². The van der Waals surface area contributed by atoms with Crippen LogP contribution < -0.4 is 10.2 Å². The van der Waals surface area contributed by atoms with E-state index >= 15 is 0 Å². The second-order valence-corrected chi connectivity index (χ2v) is 9.40. The van der Waals surface area contributed by atoms with Gasteiger partial charge < -0.3 is 10.2 Å². The summed E-state index contributed by atoms with van der Waals surface area (Å²) >= 11 is 7.98. The highest BCUT2D eigenvalue weighted by Gasteiger charge is 2.29. The molecule has 1 aromatic carbocycles. The van der Waals surface area contributed by atoms with Gasteiger partial charge in [-0.1, -0.05) is 31.5 Å². The smallest absolute Gasteiger partial charge is 0.147 e. The van der Waals surface area contributed by atoms with Gasteiger partial charge in [-0.2, -0.15) is 4.37 Å². The van der Waals surface area contributed by atoms with Gasteiger partial charge in [-0.05, 0) is 86.0 Å². The number of fused-ring (bicyclic) bond motifs is 1. The van der Waals surface area contributed by atoms with E-state index in [0.717, 1.165) is 30.3 Å². The van der Waals surface area contributed by atoms with Crippen molar-refractivity contribution in [2.75, 3.05) is 10.2 Å². The lowest BCUT2D eigenvalue weighted by molar-refractivity contribution is 0.595. The molecule has 1 aliphatic rings. The zero-order chi connectivity index (χ0) is 21.3. The summed E-state index contributed by atoms with van der Waals surface area (Å²) < 4.78 is 4.75. The van der Waals surface area contributed by atoms with Crippen molar-refractivity contribution < 1.29 is 0 Å². The normalized spacial score (nSPS) is 16.1. The molecule has 3 heterocycles. The molecule has 4 nitrogen and oxygen atoms in total. The van der Waals surface area contributed by atoms with Crippen molar-refractivity contribution in [3.05, 3.63) is 63.1 Å². The van der Waals surface area contributed by atoms with Gasteiger partial charge in [0.1, 0.15) is 11.6 Å². The summed E-state index contributed by atoms with van der Waals surface area (Å²) in [5, 5.41) is 4.28. The maximum Gasteiger partial charge on any atom is 0.147 e. The first-order valence-electron chi connectivity index (χ1n) is 10.7. The van der Waals surface area contributed by atoms with Crippen molar-refractivity contribution in [2.45, 2.75) is 65.5 Å². The highest BCUT2D eigenvalue weighted by atomic mass is 35.5. The van der Waals surface area contributed by atoms with Crippen LogP contribution in [0.25, 0.3) is 0 Å². The summed E-state index contributed by atoms with van der Waals surface area (Å²) in [6, 6.07) is 10.8. The Hall–Kier alpha value is -2.11. The van der Waals surface area contributed by atoms with Crippen LogP contribution in [0.4, 0.5) is 17.3 Å². The van der Waals surface area contributed by atoms with Gasteiger partial charge in [0.25, 0.3) is 0 Å². The molecule has 1 N–H and O–H groups in total. The van der Waals surface area contributed by atoms with Crippen molar-refractivity contribution in [1.82, 2.24) is 9.36 Å². The fraction of sp³-hybridized carbons (Fsp3) is 0.417. The van der Waals surface area contributed by atoms with Crippen LogP contribution in [0.2, 0.25) is 5.02 Å². The number of aryl methyl sites for hydroxylation is 1. The zero-order valence-electron chi connectivity index (χ0n) is 18.1. The Bertz CT molecular complexity index is 1030. The monoisotopic (exact) mass is 440 g/mol. The van der Waals surface area contributed by atoms with Gasteiger partial charge >= 0.3 is 0 Å². The number of hydrogen-bond acceptors (Lipinski definition) is 5. The van der Waals surface area contributed by atoms with Crippen molar-refractivity contribution in [2.24, 2.45) is 0 Å². The third kappa shape index (κ3) is 4.06. The van der Waals surface area contributed by atoms with Crippen LogP contribution in [0.5, 0.6) is 0 Å². The van der Waals surface area contributed by atoms with E-state index in [1.54, 1.807) is 17.7 Å². The highest BCUT2D eigenvalue weighted by Crippen LogP contribution is 2.37. The predicted octanol–water partition coefficient (Wildman–Crippen LogP) is 7.10. The maximum atomic E-state index is 6.40. The lowest BCUT2D eigenvalue weighted by atomic mass is 9.90. The molecule has 0 bridgehead atoms. The fourth-order valence-electron chi connectivity index (χ4n) is 4.44. The van der Waals surface area contributed by atoms with E-state index in [-0.39, 0.29) is 0 Å². The van der Waals surface area contributed by atoms with Crippen LogP contribution in [0, 0.1) is 6.92 Å². The maximum absolute atomic E-state index is 6.40. The SMILES string of the molecule is CCC(CC)c1ccc(Nc2nsc3c2CC(C)N(c2ncccc2Cl)C3)cc1C. The van der Waals surface area contributed by atoms with Crippen LogP contribution >= 0.6 is 23.1 Å². The molecule has 0 radical (unpaired) electrons. The van der Waals surface area contributed by atoms with Gasteiger partial charge in [-0.15, -0.1) is 0 Å². The molecule has 0 saturated carbocycles. The van der Waals surface area contributed by atoms with Crippen LogP contribution in [-0.2, 0) is 13.0 Å². The molecule has 0 amide bonds. The van der Waals surface area contributed by atoms with E-state index in [2.05, 4.69) is 61.1 Å². The quantitative estimate of drug-likeness (QED) is 0.443. The largest absolute Gasteiger partial charge is 0.347 e. The molecular formula is C24H29ClN4S. The second-order valence-electron chi connectivity index (χ2n) is 8.13. The summed E-state index contributed by atoms with van der Waals surface area (Å²) in [4.78, 5) is 8.07. The number of pyridine rings is 1. The Kier molecular flexibility index (Phi) is 6.30. The molecule has 30 heavy (non-hydrogen) atoms. The Morgan fingerprint density at radius 1 is 1.27 bits per heavy atom. The average Bonchev–Trinajstić information content (AvgIpc) is 3.12. The van der Waals surface area contributed by atoms with Crippen molar-refractivity contribution in [3.8, 4) is 0 Å². The first-order valence-corrected chi connectivity index (χ1v) is 11.9. The zero-order valence-corrected chi connectivity index (χ0v) is 19.6. The average molecular weight is 441 g/mol. The summed E-state index contributed by atoms with van der Waals surface area (Å²) in [6.45, 7) is 9.77. The number of nitrogens with one attached hydrogen (secondary N) is 1. The molecule has 2 aromatic heterocycles. The summed E-state index contributed by atoms with van der Waals surface area (Å²) in [5.74, 6) is 2.48. The molecule has 0 spiro atoms. The number of aromatic nitrogens is 2. The number of halogens is 1. The molecular weight excluding hydrogens is 412 g/mol. The number of benzene rings is 1. The minimum atomic E-state index is 0.306. The van der Waals surface area contributed by atoms with Gasteiger partial charge in [0.05, 0.1) is 16.4 Å². The van der Waals surface area contributed by atoms with Gasteiger partial charge in [0, 0.05) is 23.5 Å². The molecule has 158 valence electrons. The van der Waals surface area contributed by atoms with E-state index in [1.807, 2.05) is 12.1 Å². The molecule has 1 unspecified atom stereocenters. The lowest BCUT2D eigenvalue weighted by Crippen LogP contribution is -2.38. The third-order valence-electron chi connectivity index (χ3n) is 6.18. The molecule has 6 heteroatoms. The molecule has 0 aliphatic carbocycles. The number of hydrogen-bond donors (Lipinski definition) is 1. The van der Waals surface area contributed by atoms with Crippen molar-refractivity contribution in [3.63, 3.8) is 0 Å². The van der Waals surface area contributed by atoms with E-state index < -0.39 is 0 Å². The fourth-order valence-corrected chi connectivity index (χ4v) is 5.52. The van der Waals surface area contributed by atoms with E-state index in [9.17, 15) is 0 Å². The summed E-state index contributed by atoms with van der Waals surface area (Å²) in [7, 11) is 0. The second kappa shape index (κ2) is 8.94. The van der Waals surface area contributed by atoms with Crippen molar-refractivity contribution >= 4 is 40.5 Å². The van der Waals surface area contributed by atoms with Crippen LogP contribution in [-0.4, -0.2) is 15.4 Å². The van der Waals surface area contributed by atoms with E-state index in [4.69, 9.17) is 16.0 Å². The number of rotatable bonds is 6. The molecule has 4 rings (SSSR count). The first-order chi connectivity index (χ1) is 14.5. The Labute approximate surface area is 188 Å². The predicted molar refractivity (Wildman–Crippen MR) is 128 cm³/mol. The summed E-state index contributed by atoms with van der Waals surface area (Å²) in [5.41, 5.74) is 5.24. The lowest BCUT2D eigenvalue weighted by Gasteiger charge is -2.34. The van der Waals surface area contributed by atoms with Crippen molar-refractivity contribution in [1.29, 1.82) is 0 Å². The Morgan fingerprint density at radius 2 is 2.07 bits per heavy atom. The molecule has 1 atom stereocenters. The van der Waals surface area contributed by atoms with Crippen LogP contribution in [0.3, 0.4) is 0 Å². The number of anilines is 3. The molecule has 3 aromatic rings. The molecule has 0 fully saturated rings. The third-order valence-corrected chi connectivity index (χ3v) is 7.35. The van der Waals surface area contributed by atoms with Gasteiger partial charge in [-0.25, -0.2) is 4.98 Å². The Balaban J connectivity index is 1.55. The molecule has 1 aliphatic heterocycles. The first kappa shape index (κ1) is 21.1. The van der Waals surface area contributed by atoms with Crippen LogP contribution in [0.15, 0.2) is 36.5 Å². The standard InChI is InChI=1S/C24H29ClN4S/c1-5-17(6-2)19-10-9-18(12-15(19)3)27-23-20-13-16(4)29(14-22(20)30-28-23)24-21(25)8-7-11-26-24/h7-12,16-17H,5-6,13-14H2,1-4H3,(H,27,28). The Morgan fingerprint density at radius 3 is 2.77 bits per heavy atom. The van der Waals surface area contributed by atoms with Crippen LogP contribution in [0.1, 0.15) is 61.1 Å². The minimum Gasteiger partial charge on any atom is -0.347 e. The van der Waals surface area contributed by atoms with Gasteiger partial charge in [0.15, 0.2) is 0 Å². The number of nitrogens with zero attached hydrogens (tertiary/aromatic N) is 3. The van der Waals surface area contributed by atoms with Gasteiger partial charge in [0.2, 0.25) is 0 Å². The van der Waals surface area contributed by atoms with E-state index in [0.29, 0.717) is 17.0 Å². The van der Waals surface area contributed by atoms with E-state index in [1.165, 1.54) is 34.4 Å².